The molecule has 1 heterocycles. The molecule has 20 heavy (non-hydrogen) atoms. The molecule has 0 aromatic heterocycles. The average molecular weight is 277 g/mol. The lowest BCUT2D eigenvalue weighted by molar-refractivity contribution is 0.0936. The molecule has 0 radical (unpaired) electrons. The quantitative estimate of drug-likeness (QED) is 0.862. The van der Waals surface area contributed by atoms with E-state index in [2.05, 4.69) is 9.80 Å². The van der Waals surface area contributed by atoms with Crippen LogP contribution in [0, 0.1) is 5.82 Å². The van der Waals surface area contributed by atoms with Crippen LogP contribution in [0.2, 0.25) is 0 Å². The van der Waals surface area contributed by atoms with E-state index < -0.39 is 0 Å². The van der Waals surface area contributed by atoms with Crippen LogP contribution in [-0.2, 0) is 6.54 Å². The number of hydrogen-bond acceptors (Lipinski definition) is 3. The fourth-order valence-corrected chi connectivity index (χ4v) is 3.48. The first-order chi connectivity index (χ1) is 9.72. The molecule has 0 unspecified atom stereocenters. The number of benzene rings is 1. The standard InChI is InChI=1S/C16H24FN3/c17-15-11-13(5-6-16(15)18)12-19-7-9-20(10-8-19)14-3-1-2-4-14/h5-6,11,14H,1-4,7-10,12,18H2. The summed E-state index contributed by atoms with van der Waals surface area (Å²) in [7, 11) is 0. The molecule has 1 aromatic rings. The zero-order valence-corrected chi connectivity index (χ0v) is 12.0. The van der Waals surface area contributed by atoms with Gasteiger partial charge in [0.2, 0.25) is 0 Å². The lowest BCUT2D eigenvalue weighted by Gasteiger charge is -2.38. The second-order valence-electron chi connectivity index (χ2n) is 6.11. The molecule has 1 saturated heterocycles. The van der Waals surface area contributed by atoms with Crippen molar-refractivity contribution in [3.05, 3.63) is 29.6 Å². The maximum absolute atomic E-state index is 13.4. The van der Waals surface area contributed by atoms with Gasteiger partial charge in [0, 0.05) is 38.8 Å². The van der Waals surface area contributed by atoms with Crippen LogP contribution in [-0.4, -0.2) is 42.0 Å². The number of halogens is 1. The van der Waals surface area contributed by atoms with Gasteiger partial charge in [0.1, 0.15) is 5.82 Å². The first-order valence-corrected chi connectivity index (χ1v) is 7.73. The van der Waals surface area contributed by atoms with Crippen LogP contribution < -0.4 is 5.73 Å². The fourth-order valence-electron chi connectivity index (χ4n) is 3.48. The van der Waals surface area contributed by atoms with Gasteiger partial charge in [-0.3, -0.25) is 9.80 Å². The highest BCUT2D eigenvalue weighted by Gasteiger charge is 2.25. The predicted molar refractivity (Wildman–Crippen MR) is 79.9 cm³/mol. The molecule has 1 aromatic carbocycles. The monoisotopic (exact) mass is 277 g/mol. The number of nitrogens with two attached hydrogens (primary N) is 1. The highest BCUT2D eigenvalue weighted by atomic mass is 19.1. The summed E-state index contributed by atoms with van der Waals surface area (Å²) in [4.78, 5) is 5.06. The van der Waals surface area contributed by atoms with Crippen molar-refractivity contribution in [1.82, 2.24) is 9.80 Å². The van der Waals surface area contributed by atoms with Crippen molar-refractivity contribution in [2.45, 2.75) is 38.3 Å². The zero-order chi connectivity index (χ0) is 13.9. The van der Waals surface area contributed by atoms with E-state index in [0.717, 1.165) is 44.3 Å². The number of nitrogen functional groups attached to an aromatic ring is 1. The van der Waals surface area contributed by atoms with Crippen LogP contribution in [0.25, 0.3) is 0 Å². The van der Waals surface area contributed by atoms with Gasteiger partial charge in [-0.1, -0.05) is 18.9 Å². The largest absolute Gasteiger partial charge is 0.396 e. The Balaban J connectivity index is 1.51. The molecule has 0 amide bonds. The molecule has 110 valence electrons. The molecule has 2 aliphatic rings. The van der Waals surface area contributed by atoms with E-state index in [9.17, 15) is 4.39 Å². The predicted octanol–water partition coefficient (Wildman–Crippen LogP) is 2.47. The van der Waals surface area contributed by atoms with Crippen LogP contribution in [0.1, 0.15) is 31.2 Å². The normalized spacial score (nSPS) is 22.4. The Bertz CT molecular complexity index is 449. The molecule has 0 atom stereocenters. The molecule has 3 rings (SSSR count). The van der Waals surface area contributed by atoms with Gasteiger partial charge in [-0.15, -0.1) is 0 Å². The summed E-state index contributed by atoms with van der Waals surface area (Å²) in [5.74, 6) is -0.299. The molecule has 2 fully saturated rings. The Labute approximate surface area is 120 Å². The third-order valence-electron chi connectivity index (χ3n) is 4.72. The summed E-state index contributed by atoms with van der Waals surface area (Å²) < 4.78 is 13.4. The second kappa shape index (κ2) is 6.10. The summed E-state index contributed by atoms with van der Waals surface area (Å²) >= 11 is 0. The molecule has 1 aliphatic carbocycles. The minimum Gasteiger partial charge on any atom is -0.396 e. The van der Waals surface area contributed by atoms with Gasteiger partial charge in [-0.25, -0.2) is 4.39 Å². The first-order valence-electron chi connectivity index (χ1n) is 7.73. The summed E-state index contributed by atoms with van der Waals surface area (Å²) in [5.41, 5.74) is 6.77. The third-order valence-corrected chi connectivity index (χ3v) is 4.72. The van der Waals surface area contributed by atoms with Crippen LogP contribution in [0.4, 0.5) is 10.1 Å². The van der Waals surface area contributed by atoms with Gasteiger partial charge < -0.3 is 5.73 Å². The Morgan fingerprint density at radius 3 is 2.45 bits per heavy atom. The number of rotatable bonds is 3. The summed E-state index contributed by atoms with van der Waals surface area (Å²) in [6, 6.07) is 5.99. The number of hydrogen-bond donors (Lipinski definition) is 1. The van der Waals surface area contributed by atoms with Crippen molar-refractivity contribution in [3.8, 4) is 0 Å². The highest BCUT2D eigenvalue weighted by molar-refractivity contribution is 5.41. The van der Waals surface area contributed by atoms with Crippen LogP contribution in [0.3, 0.4) is 0 Å². The first kappa shape index (κ1) is 13.8. The molecule has 0 bridgehead atoms. The van der Waals surface area contributed by atoms with Gasteiger partial charge >= 0.3 is 0 Å². The van der Waals surface area contributed by atoms with Gasteiger partial charge in [0.05, 0.1) is 5.69 Å². The van der Waals surface area contributed by atoms with Crippen LogP contribution >= 0.6 is 0 Å². The van der Waals surface area contributed by atoms with E-state index in [0.29, 0.717) is 0 Å². The number of piperazine rings is 1. The van der Waals surface area contributed by atoms with Crippen molar-refractivity contribution in [2.24, 2.45) is 0 Å². The molecule has 1 aliphatic heterocycles. The molecular formula is C16H24FN3. The van der Waals surface area contributed by atoms with Crippen LogP contribution in [0.5, 0.6) is 0 Å². The fraction of sp³-hybridized carbons (Fsp3) is 0.625. The molecule has 4 heteroatoms. The van der Waals surface area contributed by atoms with Crippen molar-refractivity contribution in [1.29, 1.82) is 0 Å². The van der Waals surface area contributed by atoms with Crippen LogP contribution in [0.15, 0.2) is 18.2 Å². The van der Waals surface area contributed by atoms with Gasteiger partial charge in [0.15, 0.2) is 0 Å². The molecule has 1 saturated carbocycles. The summed E-state index contributed by atoms with van der Waals surface area (Å²) in [6.45, 7) is 5.31. The lowest BCUT2D eigenvalue weighted by atomic mass is 10.1. The molecule has 0 spiro atoms. The smallest absolute Gasteiger partial charge is 0.146 e. The van der Waals surface area contributed by atoms with Gasteiger partial charge in [0.25, 0.3) is 0 Å². The molecular weight excluding hydrogens is 253 g/mol. The van der Waals surface area contributed by atoms with E-state index in [1.165, 1.54) is 25.7 Å². The minimum atomic E-state index is -0.299. The maximum Gasteiger partial charge on any atom is 0.146 e. The van der Waals surface area contributed by atoms with E-state index in [1.807, 2.05) is 6.07 Å². The zero-order valence-electron chi connectivity index (χ0n) is 12.0. The average Bonchev–Trinajstić information content (AvgIpc) is 2.98. The van der Waals surface area contributed by atoms with E-state index in [1.54, 1.807) is 12.1 Å². The van der Waals surface area contributed by atoms with Crippen molar-refractivity contribution < 1.29 is 4.39 Å². The lowest BCUT2D eigenvalue weighted by Crippen LogP contribution is -2.49. The summed E-state index contributed by atoms with van der Waals surface area (Å²) in [6.07, 6.45) is 5.55. The maximum atomic E-state index is 13.4. The van der Waals surface area contributed by atoms with E-state index >= 15 is 0 Å². The molecule has 3 nitrogen and oxygen atoms in total. The summed E-state index contributed by atoms with van der Waals surface area (Å²) in [5, 5.41) is 0. The molecule has 2 N–H and O–H groups in total. The van der Waals surface area contributed by atoms with Crippen molar-refractivity contribution in [3.63, 3.8) is 0 Å². The van der Waals surface area contributed by atoms with Crippen molar-refractivity contribution >= 4 is 5.69 Å². The van der Waals surface area contributed by atoms with E-state index in [-0.39, 0.29) is 11.5 Å². The highest BCUT2D eigenvalue weighted by Crippen LogP contribution is 2.24. The Kier molecular flexibility index (Phi) is 4.22. The number of anilines is 1. The second-order valence-corrected chi connectivity index (χ2v) is 6.11. The van der Waals surface area contributed by atoms with Crippen molar-refractivity contribution in [2.75, 3.05) is 31.9 Å². The Hall–Kier alpha value is -1.13. The van der Waals surface area contributed by atoms with Gasteiger partial charge in [-0.05, 0) is 30.5 Å². The Morgan fingerprint density at radius 1 is 1.10 bits per heavy atom. The minimum absolute atomic E-state index is 0.236. The third kappa shape index (κ3) is 3.13. The Morgan fingerprint density at radius 2 is 1.80 bits per heavy atom. The van der Waals surface area contributed by atoms with E-state index in [4.69, 9.17) is 5.73 Å². The SMILES string of the molecule is Nc1ccc(CN2CCN(C3CCCC3)CC2)cc1F. The van der Waals surface area contributed by atoms with Gasteiger partial charge in [-0.2, -0.15) is 0 Å². The number of nitrogens with zero attached hydrogens (tertiary/aromatic N) is 2. The topological polar surface area (TPSA) is 32.5 Å².